The van der Waals surface area contributed by atoms with E-state index in [2.05, 4.69) is 132 Å². The molecule has 0 saturated carbocycles. The zero-order chi connectivity index (χ0) is 21.0. The molecule has 0 radical (unpaired) electrons. The van der Waals surface area contributed by atoms with Gasteiger partial charge in [-0.2, -0.15) is 0 Å². The van der Waals surface area contributed by atoms with Crippen LogP contribution in [0.15, 0.2) is 115 Å². The van der Waals surface area contributed by atoms with E-state index >= 15 is 0 Å². The van der Waals surface area contributed by atoms with Crippen LogP contribution in [0.3, 0.4) is 0 Å². The standard InChI is InChI=1S/C12H11Si.C9H7.C7H8N.2ClH.Zr/c1-3-7-11(8-4-1)13-12-9-5-2-6-10-12;1-2-5-9-7-3-6-8(9)4-1;1-6-3-2-4-7(8)5-6;;;/h1-10,13H;1-7H;2-5,8H,1H3;2*1H;/q;;-1;;;+3/p-2. The summed E-state index contributed by atoms with van der Waals surface area (Å²) in [6, 6.07) is 40.5. The third-order valence-corrected chi connectivity index (χ3v) is 25.5. The summed E-state index contributed by atoms with van der Waals surface area (Å²) >= 11 is -2.31. The fraction of sp³-hybridized carbons (Fsp3) is 0.0714. The fourth-order valence-corrected chi connectivity index (χ4v) is 25.8. The van der Waals surface area contributed by atoms with Crippen molar-refractivity contribution in [2.75, 3.05) is 3.26 Å². The molecule has 1 aliphatic rings. The number of hydrogen-bond donors (Lipinski definition) is 1. The Bertz CT molecular complexity index is 1160. The molecule has 0 aromatic heterocycles. The summed E-state index contributed by atoms with van der Waals surface area (Å²) in [5.74, 6) is -1.43. The number of allylic oxidation sites excluding steroid dienone is 1. The number of aryl methyl sites for hydroxylation is 1. The first-order chi connectivity index (χ1) is 15.3. The molecule has 1 unspecified atom stereocenters. The molecule has 0 amide bonds. The Labute approximate surface area is 218 Å². The topological polar surface area (TPSA) is 12.0 Å². The Balaban J connectivity index is 0.00000153. The Morgan fingerprint density at radius 2 is 1.30 bits per heavy atom. The summed E-state index contributed by atoms with van der Waals surface area (Å²) in [6.07, 6.45) is 4.84. The van der Waals surface area contributed by atoms with Crippen molar-refractivity contribution in [2.45, 2.75) is 10.5 Å². The molecule has 1 atom stereocenters. The maximum Gasteiger partial charge on any atom is -1.00 e. The van der Waals surface area contributed by atoms with Gasteiger partial charge in [-0.25, -0.2) is 0 Å². The van der Waals surface area contributed by atoms with E-state index in [0.29, 0.717) is 3.63 Å². The van der Waals surface area contributed by atoms with Gasteiger partial charge in [-0.3, -0.25) is 0 Å². The van der Waals surface area contributed by atoms with Crippen LogP contribution in [0.25, 0.3) is 6.08 Å². The second-order valence-corrected chi connectivity index (χ2v) is 22.7. The van der Waals surface area contributed by atoms with E-state index in [4.69, 9.17) is 0 Å². The molecule has 33 heavy (non-hydrogen) atoms. The average Bonchev–Trinajstić information content (AvgIpc) is 3.24. The Morgan fingerprint density at radius 1 is 0.697 bits per heavy atom. The molecular formula is C28H26Cl2NSiZr. The molecular weight excluding hydrogens is 541 g/mol. The van der Waals surface area contributed by atoms with Gasteiger partial charge in [-0.05, 0) is 0 Å². The van der Waals surface area contributed by atoms with Crippen molar-refractivity contribution in [1.29, 1.82) is 0 Å². The molecule has 1 aliphatic carbocycles. The van der Waals surface area contributed by atoms with Gasteiger partial charge in [0.05, 0.1) is 0 Å². The van der Waals surface area contributed by atoms with Gasteiger partial charge >= 0.3 is 195 Å². The fourth-order valence-electron chi connectivity index (χ4n) is 4.58. The molecule has 5 rings (SSSR count). The van der Waals surface area contributed by atoms with Gasteiger partial charge in [-0.1, -0.05) is 0 Å². The SMILES string of the molecule is Cc1cccc([NH][Zr+2]([CH]2C=Cc3ccccc32)[SiH](c2ccccc2)c2ccccc2)c1.[Cl-].[Cl-]. The Kier molecular flexibility index (Phi) is 9.35. The van der Waals surface area contributed by atoms with Crippen molar-refractivity contribution in [3.8, 4) is 0 Å². The predicted octanol–water partition coefficient (Wildman–Crippen LogP) is -0.746. The van der Waals surface area contributed by atoms with E-state index in [-0.39, 0.29) is 24.8 Å². The number of hydrogen-bond acceptors (Lipinski definition) is 1. The zero-order valence-electron chi connectivity index (χ0n) is 18.5. The van der Waals surface area contributed by atoms with E-state index < -0.39 is 27.1 Å². The van der Waals surface area contributed by atoms with Crippen molar-refractivity contribution in [3.63, 3.8) is 0 Å². The Hall–Kier alpha value is -1.90. The summed E-state index contributed by atoms with van der Waals surface area (Å²) < 4.78 is 4.75. The van der Waals surface area contributed by atoms with Crippen molar-refractivity contribution in [1.82, 2.24) is 0 Å². The predicted molar refractivity (Wildman–Crippen MR) is 132 cm³/mol. The summed E-state index contributed by atoms with van der Waals surface area (Å²) in [5, 5.41) is 3.11. The molecule has 1 nitrogen and oxygen atoms in total. The number of rotatable bonds is 6. The van der Waals surface area contributed by atoms with Crippen LogP contribution in [-0.2, 0) is 21.2 Å². The van der Waals surface area contributed by atoms with Crippen molar-refractivity contribution in [3.05, 3.63) is 132 Å². The van der Waals surface area contributed by atoms with E-state index in [1.807, 2.05) is 0 Å². The minimum Gasteiger partial charge on any atom is -1.00 e. The Morgan fingerprint density at radius 3 is 1.94 bits per heavy atom. The first-order valence-corrected chi connectivity index (χ1v) is 19.5. The third-order valence-electron chi connectivity index (χ3n) is 6.02. The van der Waals surface area contributed by atoms with Crippen LogP contribution >= 0.6 is 0 Å². The molecule has 0 bridgehead atoms. The minimum atomic E-state index is -2.31. The van der Waals surface area contributed by atoms with Gasteiger partial charge in [0, 0.05) is 0 Å². The summed E-state index contributed by atoms with van der Waals surface area (Å²) in [4.78, 5) is 0. The average molecular weight is 567 g/mol. The first kappa shape index (κ1) is 25.7. The zero-order valence-corrected chi connectivity index (χ0v) is 23.6. The molecule has 0 saturated heterocycles. The second-order valence-electron chi connectivity index (χ2n) is 8.17. The van der Waals surface area contributed by atoms with Crippen LogP contribution in [0, 0.1) is 6.92 Å². The van der Waals surface area contributed by atoms with Gasteiger partial charge in [0.2, 0.25) is 0 Å². The van der Waals surface area contributed by atoms with Crippen LogP contribution in [0.4, 0.5) is 5.69 Å². The van der Waals surface area contributed by atoms with E-state index in [0.717, 1.165) is 0 Å². The van der Waals surface area contributed by atoms with Gasteiger partial charge in [-0.15, -0.1) is 0 Å². The largest absolute Gasteiger partial charge is 1.00 e. The smallest absolute Gasteiger partial charge is 1.00 e. The molecule has 0 fully saturated rings. The van der Waals surface area contributed by atoms with Crippen LogP contribution in [0.5, 0.6) is 0 Å². The molecule has 1 N–H and O–H groups in total. The van der Waals surface area contributed by atoms with Crippen LogP contribution in [0.2, 0.25) is 0 Å². The maximum atomic E-state index is 4.21. The van der Waals surface area contributed by atoms with Crippen LogP contribution in [-0.4, -0.2) is 5.92 Å². The van der Waals surface area contributed by atoms with Crippen molar-refractivity contribution >= 4 is 28.1 Å². The maximum absolute atomic E-state index is 4.21. The first-order valence-electron chi connectivity index (χ1n) is 10.9. The number of nitrogens with one attached hydrogen (secondary N) is 1. The molecule has 165 valence electrons. The quantitative estimate of drug-likeness (QED) is 0.303. The van der Waals surface area contributed by atoms with E-state index in [1.165, 1.54) is 22.4 Å². The number of anilines is 1. The monoisotopic (exact) mass is 564 g/mol. The second kappa shape index (κ2) is 12.0. The number of halogens is 2. The van der Waals surface area contributed by atoms with Gasteiger partial charge < -0.3 is 24.8 Å². The summed E-state index contributed by atoms with van der Waals surface area (Å²) in [5.41, 5.74) is 5.51. The molecule has 0 aliphatic heterocycles. The van der Waals surface area contributed by atoms with Crippen LogP contribution < -0.4 is 38.4 Å². The molecule has 0 spiro atoms. The number of benzene rings is 4. The van der Waals surface area contributed by atoms with Gasteiger partial charge in [0.15, 0.2) is 0 Å². The van der Waals surface area contributed by atoms with Crippen LogP contribution in [0.1, 0.15) is 20.3 Å². The molecule has 4 aromatic rings. The van der Waals surface area contributed by atoms with Crippen molar-refractivity contribution < 1.29 is 46.0 Å². The molecule has 4 aromatic carbocycles. The molecule has 0 heterocycles. The summed E-state index contributed by atoms with van der Waals surface area (Å²) in [7, 11) is 0. The molecule has 5 heteroatoms. The van der Waals surface area contributed by atoms with E-state index in [1.54, 1.807) is 10.4 Å². The normalized spacial score (nSPS) is 13.6. The van der Waals surface area contributed by atoms with Crippen molar-refractivity contribution in [2.24, 2.45) is 0 Å². The number of fused-ring (bicyclic) bond motifs is 1. The van der Waals surface area contributed by atoms with E-state index in [9.17, 15) is 0 Å². The van der Waals surface area contributed by atoms with Gasteiger partial charge in [0.25, 0.3) is 0 Å². The van der Waals surface area contributed by atoms with Gasteiger partial charge in [0.1, 0.15) is 0 Å². The summed E-state index contributed by atoms with van der Waals surface area (Å²) in [6.45, 7) is 2.18. The third kappa shape index (κ3) is 5.78. The minimum absolute atomic E-state index is 0.